The molecule has 3 rings (SSSR count). The van der Waals surface area contributed by atoms with Gasteiger partial charge in [0.1, 0.15) is 5.75 Å². The normalized spacial score (nSPS) is 10.8. The van der Waals surface area contributed by atoms with Gasteiger partial charge in [-0.25, -0.2) is 4.98 Å². The molecule has 146 valence electrons. The zero-order valence-electron chi connectivity index (χ0n) is 16.3. The van der Waals surface area contributed by atoms with Crippen molar-refractivity contribution in [2.24, 2.45) is 0 Å². The maximum Gasteiger partial charge on any atom is 0.213 e. The van der Waals surface area contributed by atoms with Crippen LogP contribution in [0.2, 0.25) is 0 Å². The van der Waals surface area contributed by atoms with E-state index < -0.39 is 0 Å². The third kappa shape index (κ3) is 5.78. The predicted molar refractivity (Wildman–Crippen MR) is 111 cm³/mol. The summed E-state index contributed by atoms with van der Waals surface area (Å²) in [6, 6.07) is 10.7. The molecule has 2 aromatic heterocycles. The molecule has 0 fully saturated rings. The lowest BCUT2D eigenvalue weighted by molar-refractivity contribution is 0.293. The molecule has 1 N–H and O–H groups in total. The zero-order chi connectivity index (χ0) is 19.6. The fraction of sp³-hybridized carbons (Fsp3) is 0.348. The van der Waals surface area contributed by atoms with Crippen molar-refractivity contribution < 1.29 is 9.84 Å². The van der Waals surface area contributed by atoms with Crippen LogP contribution in [-0.4, -0.2) is 26.7 Å². The van der Waals surface area contributed by atoms with Crippen molar-refractivity contribution in [2.45, 2.75) is 45.4 Å². The summed E-state index contributed by atoms with van der Waals surface area (Å²) >= 11 is 0. The summed E-state index contributed by atoms with van der Waals surface area (Å²) in [5, 5.41) is 9.38. The molecule has 5 nitrogen and oxygen atoms in total. The van der Waals surface area contributed by atoms with Crippen LogP contribution in [0.3, 0.4) is 0 Å². The molecule has 0 amide bonds. The summed E-state index contributed by atoms with van der Waals surface area (Å²) < 4.78 is 5.72. The highest BCUT2D eigenvalue weighted by Crippen LogP contribution is 2.22. The maximum atomic E-state index is 9.38. The van der Waals surface area contributed by atoms with Crippen molar-refractivity contribution in [1.29, 1.82) is 0 Å². The number of rotatable bonds is 10. The Bertz CT molecular complexity index is 831. The van der Waals surface area contributed by atoms with Gasteiger partial charge in [0, 0.05) is 23.4 Å². The number of phenolic OH excluding ortho intramolecular Hbond substituents is 1. The third-order valence-electron chi connectivity index (χ3n) is 4.59. The van der Waals surface area contributed by atoms with Gasteiger partial charge in [0.2, 0.25) is 5.88 Å². The van der Waals surface area contributed by atoms with Gasteiger partial charge in [0.05, 0.1) is 30.4 Å². The van der Waals surface area contributed by atoms with E-state index in [1.165, 1.54) is 32.1 Å². The highest BCUT2D eigenvalue weighted by molar-refractivity contribution is 5.62. The van der Waals surface area contributed by atoms with Crippen molar-refractivity contribution in [3.8, 4) is 34.1 Å². The van der Waals surface area contributed by atoms with Crippen LogP contribution in [-0.2, 0) is 0 Å². The second-order valence-electron chi connectivity index (χ2n) is 6.84. The highest BCUT2D eigenvalue weighted by atomic mass is 16.5. The van der Waals surface area contributed by atoms with Crippen LogP contribution in [0.25, 0.3) is 22.5 Å². The Labute approximate surface area is 166 Å². The van der Waals surface area contributed by atoms with E-state index in [1.807, 2.05) is 24.3 Å². The first-order chi connectivity index (χ1) is 13.8. The van der Waals surface area contributed by atoms with E-state index in [9.17, 15) is 5.11 Å². The average Bonchev–Trinajstić information content (AvgIpc) is 2.74. The first kappa shape index (κ1) is 19.8. The Kier molecular flexibility index (Phi) is 7.36. The largest absolute Gasteiger partial charge is 0.508 e. The average molecular weight is 377 g/mol. The van der Waals surface area contributed by atoms with E-state index >= 15 is 0 Å². The van der Waals surface area contributed by atoms with Crippen molar-refractivity contribution in [3.63, 3.8) is 0 Å². The number of ether oxygens (including phenoxy) is 1. The summed E-state index contributed by atoms with van der Waals surface area (Å²) in [5.74, 6) is 0.879. The molecule has 0 spiro atoms. The van der Waals surface area contributed by atoms with E-state index in [0.29, 0.717) is 12.5 Å². The summed E-state index contributed by atoms with van der Waals surface area (Å²) in [6.07, 6.45) is 12.7. The fourth-order valence-electron chi connectivity index (χ4n) is 2.93. The molecule has 0 saturated heterocycles. The number of phenols is 1. The molecule has 0 radical (unpaired) electrons. The van der Waals surface area contributed by atoms with Crippen molar-refractivity contribution in [2.75, 3.05) is 6.61 Å². The number of nitrogens with zero attached hydrogens (tertiary/aromatic N) is 3. The zero-order valence-corrected chi connectivity index (χ0v) is 16.3. The van der Waals surface area contributed by atoms with Gasteiger partial charge in [0.25, 0.3) is 0 Å². The van der Waals surface area contributed by atoms with Crippen LogP contribution in [0, 0.1) is 0 Å². The minimum atomic E-state index is 0.234. The molecule has 0 aliphatic carbocycles. The second-order valence-corrected chi connectivity index (χ2v) is 6.84. The molecular formula is C23H27N3O2. The van der Waals surface area contributed by atoms with Gasteiger partial charge in [-0.05, 0) is 36.8 Å². The van der Waals surface area contributed by atoms with E-state index in [1.54, 1.807) is 30.7 Å². The number of aromatic nitrogens is 3. The van der Waals surface area contributed by atoms with Crippen LogP contribution in [0.15, 0.2) is 55.0 Å². The standard InChI is InChI=1S/C23H27N3O2/c1-2-3-4-5-6-7-14-28-23-13-10-19(15-26-23)22-17-24-21(16-25-22)18-8-11-20(27)12-9-18/h8-13,15-17,27H,2-7,14H2,1H3. The van der Waals surface area contributed by atoms with Gasteiger partial charge in [0.15, 0.2) is 0 Å². The summed E-state index contributed by atoms with van der Waals surface area (Å²) in [5.41, 5.74) is 3.33. The molecular weight excluding hydrogens is 350 g/mol. The van der Waals surface area contributed by atoms with Gasteiger partial charge in [-0.15, -0.1) is 0 Å². The van der Waals surface area contributed by atoms with Crippen molar-refractivity contribution in [3.05, 3.63) is 55.0 Å². The molecule has 0 aliphatic rings. The van der Waals surface area contributed by atoms with Crippen LogP contribution in [0.4, 0.5) is 0 Å². The van der Waals surface area contributed by atoms with E-state index in [4.69, 9.17) is 4.74 Å². The molecule has 2 heterocycles. The number of unbranched alkanes of at least 4 members (excludes halogenated alkanes) is 5. The molecule has 0 unspecified atom stereocenters. The predicted octanol–water partition coefficient (Wildman–Crippen LogP) is 5.65. The second kappa shape index (κ2) is 10.4. The van der Waals surface area contributed by atoms with E-state index in [2.05, 4.69) is 21.9 Å². The molecule has 0 bridgehead atoms. The third-order valence-corrected chi connectivity index (χ3v) is 4.59. The van der Waals surface area contributed by atoms with Gasteiger partial charge >= 0.3 is 0 Å². The van der Waals surface area contributed by atoms with Crippen LogP contribution in [0.1, 0.15) is 45.4 Å². The van der Waals surface area contributed by atoms with Gasteiger partial charge in [-0.2, -0.15) is 0 Å². The lowest BCUT2D eigenvalue weighted by Gasteiger charge is -2.07. The first-order valence-electron chi connectivity index (χ1n) is 9.97. The highest BCUT2D eigenvalue weighted by Gasteiger charge is 2.05. The smallest absolute Gasteiger partial charge is 0.213 e. The lowest BCUT2D eigenvalue weighted by atomic mass is 10.1. The van der Waals surface area contributed by atoms with Crippen LogP contribution in [0.5, 0.6) is 11.6 Å². The minimum absolute atomic E-state index is 0.234. The maximum absolute atomic E-state index is 9.38. The van der Waals surface area contributed by atoms with Crippen LogP contribution >= 0.6 is 0 Å². The Morgan fingerprint density at radius 3 is 2.00 bits per heavy atom. The Morgan fingerprint density at radius 2 is 1.36 bits per heavy atom. The summed E-state index contributed by atoms with van der Waals surface area (Å²) in [4.78, 5) is 13.3. The number of aromatic hydroxyl groups is 1. The molecule has 1 aromatic carbocycles. The number of benzene rings is 1. The van der Waals surface area contributed by atoms with Crippen molar-refractivity contribution >= 4 is 0 Å². The number of pyridine rings is 1. The number of hydrogen-bond donors (Lipinski definition) is 1. The lowest BCUT2D eigenvalue weighted by Crippen LogP contribution is -1.99. The van der Waals surface area contributed by atoms with Crippen LogP contribution < -0.4 is 4.74 Å². The SMILES string of the molecule is CCCCCCCCOc1ccc(-c2cnc(-c3ccc(O)cc3)cn2)cn1. The quantitative estimate of drug-likeness (QED) is 0.462. The number of hydrogen-bond acceptors (Lipinski definition) is 5. The Hall–Kier alpha value is -2.95. The molecule has 0 atom stereocenters. The Balaban J connectivity index is 1.51. The fourth-order valence-corrected chi connectivity index (χ4v) is 2.93. The van der Waals surface area contributed by atoms with Crippen molar-refractivity contribution in [1.82, 2.24) is 15.0 Å². The monoisotopic (exact) mass is 377 g/mol. The summed E-state index contributed by atoms with van der Waals surface area (Å²) in [7, 11) is 0. The first-order valence-corrected chi connectivity index (χ1v) is 9.97. The van der Waals surface area contributed by atoms with E-state index in [-0.39, 0.29) is 5.75 Å². The minimum Gasteiger partial charge on any atom is -0.508 e. The molecule has 0 saturated carbocycles. The molecule has 28 heavy (non-hydrogen) atoms. The van der Waals surface area contributed by atoms with E-state index in [0.717, 1.165) is 28.9 Å². The van der Waals surface area contributed by atoms with Gasteiger partial charge in [-0.3, -0.25) is 9.97 Å². The molecule has 5 heteroatoms. The molecule has 3 aromatic rings. The Morgan fingerprint density at radius 1 is 0.714 bits per heavy atom. The van der Waals surface area contributed by atoms with Gasteiger partial charge < -0.3 is 9.84 Å². The van der Waals surface area contributed by atoms with Gasteiger partial charge in [-0.1, -0.05) is 39.0 Å². The summed E-state index contributed by atoms with van der Waals surface area (Å²) in [6.45, 7) is 2.94. The molecule has 0 aliphatic heterocycles. The topological polar surface area (TPSA) is 68.1 Å².